The molecule has 1 aliphatic heterocycles. The lowest BCUT2D eigenvalue weighted by molar-refractivity contribution is 0.0615. The molecule has 2 aromatic heterocycles. The van der Waals surface area contributed by atoms with E-state index in [1.807, 2.05) is 23.1 Å². The van der Waals surface area contributed by atoms with E-state index in [4.69, 9.17) is 4.42 Å². The molecule has 5 nitrogen and oxygen atoms in total. The lowest BCUT2D eigenvalue weighted by Gasteiger charge is -2.34. The van der Waals surface area contributed by atoms with Crippen molar-refractivity contribution in [2.24, 2.45) is 0 Å². The maximum absolute atomic E-state index is 12.8. The Morgan fingerprint density at radius 3 is 2.68 bits per heavy atom. The van der Waals surface area contributed by atoms with Crippen LogP contribution < -0.4 is 0 Å². The van der Waals surface area contributed by atoms with Crippen molar-refractivity contribution in [3.05, 3.63) is 59.2 Å². The van der Waals surface area contributed by atoms with Gasteiger partial charge in [0.25, 0.3) is 5.91 Å². The second-order valence-corrected chi connectivity index (χ2v) is 6.87. The summed E-state index contributed by atoms with van der Waals surface area (Å²) in [4.78, 5) is 20.4. The summed E-state index contributed by atoms with van der Waals surface area (Å²) in [5, 5.41) is 1.13. The number of carbonyl (C=O) groups excluding carboxylic acids is 1. The van der Waals surface area contributed by atoms with E-state index in [0.29, 0.717) is 5.69 Å². The van der Waals surface area contributed by atoms with Crippen LogP contribution in [0.25, 0.3) is 10.9 Å². The van der Waals surface area contributed by atoms with Gasteiger partial charge in [-0.1, -0.05) is 6.07 Å². The minimum absolute atomic E-state index is 0.0888. The van der Waals surface area contributed by atoms with Crippen molar-refractivity contribution in [1.82, 2.24) is 14.8 Å². The Morgan fingerprint density at radius 1 is 1.16 bits per heavy atom. The molecule has 130 valence electrons. The molecule has 0 bridgehead atoms. The fourth-order valence-corrected chi connectivity index (χ4v) is 3.62. The van der Waals surface area contributed by atoms with Gasteiger partial charge < -0.3 is 14.3 Å². The molecular formula is C20H23N3O2. The number of hydrogen-bond donors (Lipinski definition) is 1. The Bertz CT molecular complexity index is 887. The fraction of sp³-hybridized carbons (Fsp3) is 0.350. The van der Waals surface area contributed by atoms with Gasteiger partial charge in [-0.25, -0.2) is 0 Å². The number of aromatic nitrogens is 1. The third-order valence-electron chi connectivity index (χ3n) is 4.94. The first-order chi connectivity index (χ1) is 12.1. The van der Waals surface area contributed by atoms with E-state index in [9.17, 15) is 4.79 Å². The monoisotopic (exact) mass is 337 g/mol. The number of carbonyl (C=O) groups is 1. The molecule has 0 aliphatic carbocycles. The zero-order valence-electron chi connectivity index (χ0n) is 14.7. The van der Waals surface area contributed by atoms with E-state index in [0.717, 1.165) is 49.4 Å². The number of H-pyrrole nitrogens is 1. The van der Waals surface area contributed by atoms with Crippen molar-refractivity contribution in [3.8, 4) is 0 Å². The Labute approximate surface area is 147 Å². The first kappa shape index (κ1) is 16.0. The van der Waals surface area contributed by atoms with Gasteiger partial charge in [0.15, 0.2) is 0 Å². The molecular weight excluding hydrogens is 314 g/mol. The smallest absolute Gasteiger partial charge is 0.270 e. The molecule has 4 rings (SSSR count). The topological polar surface area (TPSA) is 52.5 Å². The quantitative estimate of drug-likeness (QED) is 0.797. The van der Waals surface area contributed by atoms with Gasteiger partial charge in [-0.15, -0.1) is 0 Å². The van der Waals surface area contributed by atoms with E-state index in [2.05, 4.69) is 35.9 Å². The molecule has 3 aromatic rings. The Morgan fingerprint density at radius 2 is 1.96 bits per heavy atom. The van der Waals surface area contributed by atoms with Crippen LogP contribution in [0.2, 0.25) is 0 Å². The highest BCUT2D eigenvalue weighted by atomic mass is 16.3. The summed E-state index contributed by atoms with van der Waals surface area (Å²) in [6, 6.07) is 10.1. The molecule has 3 heterocycles. The number of fused-ring (bicyclic) bond motifs is 1. The first-order valence-electron chi connectivity index (χ1n) is 8.74. The largest absolute Gasteiger partial charge is 0.468 e. The van der Waals surface area contributed by atoms with Crippen LogP contribution in [0.3, 0.4) is 0 Å². The van der Waals surface area contributed by atoms with Crippen molar-refractivity contribution in [3.63, 3.8) is 0 Å². The molecule has 1 aliphatic rings. The summed E-state index contributed by atoms with van der Waals surface area (Å²) < 4.78 is 5.41. The van der Waals surface area contributed by atoms with E-state index in [-0.39, 0.29) is 5.91 Å². The van der Waals surface area contributed by atoms with Gasteiger partial charge in [0, 0.05) is 37.1 Å². The normalized spacial score (nSPS) is 15.8. The van der Waals surface area contributed by atoms with Gasteiger partial charge in [-0.3, -0.25) is 9.69 Å². The molecule has 0 unspecified atom stereocenters. The summed E-state index contributed by atoms with van der Waals surface area (Å²) in [6.07, 6.45) is 1.70. The zero-order chi connectivity index (χ0) is 17.4. The lowest BCUT2D eigenvalue weighted by atomic mass is 10.1. The van der Waals surface area contributed by atoms with Crippen LogP contribution in [-0.4, -0.2) is 46.9 Å². The maximum Gasteiger partial charge on any atom is 0.270 e. The lowest BCUT2D eigenvalue weighted by Crippen LogP contribution is -2.48. The Balaban J connectivity index is 1.44. The fourth-order valence-electron chi connectivity index (χ4n) is 3.62. The van der Waals surface area contributed by atoms with Gasteiger partial charge in [0.1, 0.15) is 11.5 Å². The molecule has 0 spiro atoms. The molecule has 1 amide bonds. The van der Waals surface area contributed by atoms with Crippen LogP contribution in [0.15, 0.2) is 41.0 Å². The first-order valence-corrected chi connectivity index (χ1v) is 8.74. The van der Waals surface area contributed by atoms with E-state index < -0.39 is 0 Å². The molecule has 1 aromatic carbocycles. The van der Waals surface area contributed by atoms with Crippen molar-refractivity contribution < 1.29 is 9.21 Å². The average Bonchev–Trinajstić information content (AvgIpc) is 3.24. The van der Waals surface area contributed by atoms with Crippen LogP contribution in [0, 0.1) is 13.8 Å². The van der Waals surface area contributed by atoms with Crippen LogP contribution in [0.1, 0.15) is 27.4 Å². The highest BCUT2D eigenvalue weighted by Gasteiger charge is 2.24. The number of hydrogen-bond acceptors (Lipinski definition) is 3. The molecule has 0 radical (unpaired) electrons. The molecule has 0 saturated carbocycles. The SMILES string of the molecule is Cc1cc(C)c2cc(C(=O)N3CCN(Cc4ccco4)CC3)[nH]c2c1. The molecule has 1 saturated heterocycles. The molecule has 1 fully saturated rings. The maximum atomic E-state index is 12.8. The minimum atomic E-state index is 0.0888. The predicted molar refractivity (Wildman–Crippen MR) is 97.7 cm³/mol. The number of aryl methyl sites for hydroxylation is 2. The number of furan rings is 1. The van der Waals surface area contributed by atoms with Crippen molar-refractivity contribution in [2.45, 2.75) is 20.4 Å². The predicted octanol–water partition coefficient (Wildman–Crippen LogP) is 3.34. The number of nitrogens with one attached hydrogen (secondary N) is 1. The van der Waals surface area contributed by atoms with Crippen LogP contribution >= 0.6 is 0 Å². The second kappa shape index (κ2) is 6.41. The Kier molecular flexibility index (Phi) is 4.09. The average molecular weight is 337 g/mol. The van der Waals surface area contributed by atoms with Gasteiger partial charge in [0.05, 0.1) is 12.8 Å². The van der Waals surface area contributed by atoms with Gasteiger partial charge in [0.2, 0.25) is 0 Å². The van der Waals surface area contributed by atoms with Crippen molar-refractivity contribution in [1.29, 1.82) is 0 Å². The molecule has 5 heteroatoms. The summed E-state index contributed by atoms with van der Waals surface area (Å²) in [7, 11) is 0. The number of nitrogens with zero attached hydrogens (tertiary/aromatic N) is 2. The number of piperazine rings is 1. The van der Waals surface area contributed by atoms with Gasteiger partial charge in [-0.2, -0.15) is 0 Å². The van der Waals surface area contributed by atoms with Crippen molar-refractivity contribution >= 4 is 16.8 Å². The van der Waals surface area contributed by atoms with E-state index in [1.165, 1.54) is 11.1 Å². The summed E-state index contributed by atoms with van der Waals surface area (Å²) >= 11 is 0. The van der Waals surface area contributed by atoms with E-state index >= 15 is 0 Å². The van der Waals surface area contributed by atoms with Gasteiger partial charge in [-0.05, 0) is 49.2 Å². The number of benzene rings is 1. The number of amides is 1. The van der Waals surface area contributed by atoms with Gasteiger partial charge >= 0.3 is 0 Å². The molecule has 0 atom stereocenters. The minimum Gasteiger partial charge on any atom is -0.468 e. The summed E-state index contributed by atoms with van der Waals surface area (Å²) in [6.45, 7) is 8.19. The van der Waals surface area contributed by atoms with Crippen LogP contribution in [0.5, 0.6) is 0 Å². The highest BCUT2D eigenvalue weighted by molar-refractivity contribution is 5.99. The standard InChI is InChI=1S/C20H23N3O2/c1-14-10-15(2)17-12-19(21-18(17)11-14)20(24)23-7-5-22(6-8-23)13-16-4-3-9-25-16/h3-4,9-12,21H,5-8,13H2,1-2H3. The number of rotatable bonds is 3. The summed E-state index contributed by atoms with van der Waals surface area (Å²) in [5.41, 5.74) is 4.13. The Hall–Kier alpha value is -2.53. The number of aromatic amines is 1. The van der Waals surface area contributed by atoms with E-state index in [1.54, 1.807) is 6.26 Å². The van der Waals surface area contributed by atoms with Crippen molar-refractivity contribution in [2.75, 3.05) is 26.2 Å². The molecule has 25 heavy (non-hydrogen) atoms. The third-order valence-corrected chi connectivity index (χ3v) is 4.94. The van der Waals surface area contributed by atoms with Crippen LogP contribution in [-0.2, 0) is 6.54 Å². The summed E-state index contributed by atoms with van der Waals surface area (Å²) in [5.74, 6) is 1.06. The molecule has 1 N–H and O–H groups in total. The third kappa shape index (κ3) is 3.20. The second-order valence-electron chi connectivity index (χ2n) is 6.87. The van der Waals surface area contributed by atoms with Crippen LogP contribution in [0.4, 0.5) is 0 Å². The zero-order valence-corrected chi connectivity index (χ0v) is 14.7. The highest BCUT2D eigenvalue weighted by Crippen LogP contribution is 2.22.